The molecule has 1 fully saturated rings. The van der Waals surface area contributed by atoms with Crippen molar-refractivity contribution >= 4 is 11.5 Å². The van der Waals surface area contributed by atoms with Crippen LogP contribution in [0.5, 0.6) is 0 Å². The van der Waals surface area contributed by atoms with Crippen molar-refractivity contribution < 1.29 is 4.74 Å². The molecule has 1 aromatic carbocycles. The summed E-state index contributed by atoms with van der Waals surface area (Å²) in [6, 6.07) is 10.2. The summed E-state index contributed by atoms with van der Waals surface area (Å²) in [7, 11) is 1.86. The van der Waals surface area contributed by atoms with Gasteiger partial charge in [-0.25, -0.2) is 0 Å². The average molecular weight is 258 g/mol. The van der Waals surface area contributed by atoms with Gasteiger partial charge in [-0.05, 0) is 6.07 Å². The predicted molar refractivity (Wildman–Crippen MR) is 76.1 cm³/mol. The summed E-state index contributed by atoms with van der Waals surface area (Å²) in [5.74, 6) is 0.673. The maximum absolute atomic E-state index is 5.87. The number of nitrogens with two attached hydrogens (primary N) is 1. The number of nitrogens with zero attached hydrogens (tertiary/aromatic N) is 3. The molecule has 0 unspecified atom stereocenters. The number of rotatable bonds is 2. The number of anilines is 2. The Labute approximate surface area is 112 Å². The molecule has 1 aliphatic heterocycles. The SMILES string of the molecule is Cn1nc(-c2ccccc2N2CCOCC2)cc1N. The summed E-state index contributed by atoms with van der Waals surface area (Å²) in [6.07, 6.45) is 0. The molecule has 5 heteroatoms. The van der Waals surface area contributed by atoms with Crippen LogP contribution in [0.1, 0.15) is 0 Å². The number of para-hydroxylation sites is 1. The van der Waals surface area contributed by atoms with E-state index in [-0.39, 0.29) is 0 Å². The topological polar surface area (TPSA) is 56.3 Å². The molecule has 0 spiro atoms. The van der Waals surface area contributed by atoms with Gasteiger partial charge in [-0.1, -0.05) is 18.2 Å². The van der Waals surface area contributed by atoms with E-state index in [2.05, 4.69) is 28.2 Å². The Hall–Kier alpha value is -2.01. The smallest absolute Gasteiger partial charge is 0.121 e. The fraction of sp³-hybridized carbons (Fsp3) is 0.357. The maximum atomic E-state index is 5.87. The van der Waals surface area contributed by atoms with Gasteiger partial charge in [0.1, 0.15) is 5.82 Å². The van der Waals surface area contributed by atoms with Gasteiger partial charge in [0.05, 0.1) is 18.9 Å². The third-order valence-electron chi connectivity index (χ3n) is 3.45. The molecule has 1 aliphatic rings. The lowest BCUT2D eigenvalue weighted by molar-refractivity contribution is 0.123. The highest BCUT2D eigenvalue weighted by molar-refractivity contribution is 5.77. The van der Waals surface area contributed by atoms with E-state index in [0.717, 1.165) is 37.6 Å². The van der Waals surface area contributed by atoms with Crippen LogP contribution in [0.25, 0.3) is 11.3 Å². The number of benzene rings is 1. The van der Waals surface area contributed by atoms with E-state index in [4.69, 9.17) is 10.5 Å². The first kappa shape index (κ1) is 12.0. The van der Waals surface area contributed by atoms with Crippen LogP contribution in [0, 0.1) is 0 Å². The number of morpholine rings is 1. The van der Waals surface area contributed by atoms with Crippen molar-refractivity contribution in [1.82, 2.24) is 9.78 Å². The molecule has 1 aromatic heterocycles. The van der Waals surface area contributed by atoms with Gasteiger partial charge in [0.2, 0.25) is 0 Å². The van der Waals surface area contributed by atoms with Gasteiger partial charge < -0.3 is 15.4 Å². The molecule has 3 rings (SSSR count). The summed E-state index contributed by atoms with van der Waals surface area (Å²) in [6.45, 7) is 3.38. The standard InChI is InChI=1S/C14H18N4O/c1-17-14(15)10-12(16-17)11-4-2-3-5-13(11)18-6-8-19-9-7-18/h2-5,10H,6-9,15H2,1H3. The Bertz CT molecular complexity index is 553. The minimum atomic E-state index is 0.673. The largest absolute Gasteiger partial charge is 0.384 e. The van der Waals surface area contributed by atoms with E-state index in [1.165, 1.54) is 5.69 Å². The first-order valence-electron chi connectivity index (χ1n) is 6.47. The first-order valence-corrected chi connectivity index (χ1v) is 6.47. The number of aromatic nitrogens is 2. The maximum Gasteiger partial charge on any atom is 0.121 e. The fourth-order valence-electron chi connectivity index (χ4n) is 2.38. The lowest BCUT2D eigenvalue weighted by Gasteiger charge is -2.30. The molecule has 5 nitrogen and oxygen atoms in total. The zero-order valence-corrected chi connectivity index (χ0v) is 11.0. The summed E-state index contributed by atoms with van der Waals surface area (Å²) in [5, 5.41) is 4.47. The Balaban J connectivity index is 2.01. The van der Waals surface area contributed by atoms with Crippen LogP contribution in [-0.4, -0.2) is 36.1 Å². The quantitative estimate of drug-likeness (QED) is 0.887. The summed E-state index contributed by atoms with van der Waals surface area (Å²) in [5.41, 5.74) is 9.11. The Kier molecular flexibility index (Phi) is 3.13. The van der Waals surface area contributed by atoms with Crippen LogP contribution in [0.3, 0.4) is 0 Å². The number of nitrogen functional groups attached to an aromatic ring is 1. The Morgan fingerprint density at radius 2 is 1.95 bits per heavy atom. The molecule has 0 aliphatic carbocycles. The second-order valence-electron chi connectivity index (χ2n) is 4.69. The molecule has 0 amide bonds. The molecule has 100 valence electrons. The second-order valence-corrected chi connectivity index (χ2v) is 4.69. The normalized spacial score (nSPS) is 15.7. The van der Waals surface area contributed by atoms with Crippen LogP contribution in [0.15, 0.2) is 30.3 Å². The molecule has 0 radical (unpaired) electrons. The van der Waals surface area contributed by atoms with Crippen LogP contribution >= 0.6 is 0 Å². The molecular formula is C14H18N4O. The predicted octanol–water partition coefficient (Wildman–Crippen LogP) is 1.51. The molecule has 19 heavy (non-hydrogen) atoms. The van der Waals surface area contributed by atoms with Gasteiger partial charge in [0, 0.05) is 37.5 Å². The highest BCUT2D eigenvalue weighted by Crippen LogP contribution is 2.31. The van der Waals surface area contributed by atoms with E-state index in [1.54, 1.807) is 4.68 Å². The molecule has 2 aromatic rings. The minimum Gasteiger partial charge on any atom is -0.384 e. The lowest BCUT2D eigenvalue weighted by Crippen LogP contribution is -2.36. The molecule has 0 bridgehead atoms. The van der Waals surface area contributed by atoms with Crippen LogP contribution in [-0.2, 0) is 11.8 Å². The zero-order chi connectivity index (χ0) is 13.2. The highest BCUT2D eigenvalue weighted by Gasteiger charge is 2.16. The van der Waals surface area contributed by atoms with Crippen LogP contribution < -0.4 is 10.6 Å². The monoisotopic (exact) mass is 258 g/mol. The van der Waals surface area contributed by atoms with Crippen molar-refractivity contribution in [1.29, 1.82) is 0 Å². The van der Waals surface area contributed by atoms with E-state index in [0.29, 0.717) is 5.82 Å². The molecule has 0 atom stereocenters. The minimum absolute atomic E-state index is 0.673. The second kappa shape index (κ2) is 4.93. The third kappa shape index (κ3) is 2.29. The zero-order valence-electron chi connectivity index (χ0n) is 11.0. The average Bonchev–Trinajstić information content (AvgIpc) is 2.80. The van der Waals surface area contributed by atoms with Gasteiger partial charge in [0.25, 0.3) is 0 Å². The van der Waals surface area contributed by atoms with Gasteiger partial charge in [-0.3, -0.25) is 4.68 Å². The summed E-state index contributed by atoms with van der Waals surface area (Å²) < 4.78 is 7.11. The third-order valence-corrected chi connectivity index (χ3v) is 3.45. The van der Waals surface area contributed by atoms with Crippen molar-refractivity contribution in [3.05, 3.63) is 30.3 Å². The highest BCUT2D eigenvalue weighted by atomic mass is 16.5. The lowest BCUT2D eigenvalue weighted by atomic mass is 10.1. The van der Waals surface area contributed by atoms with Crippen molar-refractivity contribution in [2.45, 2.75) is 0 Å². The summed E-state index contributed by atoms with van der Waals surface area (Å²) >= 11 is 0. The van der Waals surface area contributed by atoms with Gasteiger partial charge in [0.15, 0.2) is 0 Å². The van der Waals surface area contributed by atoms with Crippen molar-refractivity contribution in [3.63, 3.8) is 0 Å². The molecule has 0 saturated carbocycles. The van der Waals surface area contributed by atoms with Gasteiger partial charge in [-0.15, -0.1) is 0 Å². The van der Waals surface area contributed by atoms with Crippen LogP contribution in [0.2, 0.25) is 0 Å². The van der Waals surface area contributed by atoms with Crippen molar-refractivity contribution in [3.8, 4) is 11.3 Å². The van der Waals surface area contributed by atoms with E-state index >= 15 is 0 Å². The first-order chi connectivity index (χ1) is 9.25. The number of ether oxygens (including phenoxy) is 1. The van der Waals surface area contributed by atoms with Crippen molar-refractivity contribution in [2.75, 3.05) is 36.9 Å². The number of hydrogen-bond acceptors (Lipinski definition) is 4. The molecule has 2 N–H and O–H groups in total. The summed E-state index contributed by atoms with van der Waals surface area (Å²) in [4.78, 5) is 2.34. The number of hydrogen-bond donors (Lipinski definition) is 1. The van der Waals surface area contributed by atoms with Crippen LogP contribution in [0.4, 0.5) is 11.5 Å². The van der Waals surface area contributed by atoms with Crippen molar-refractivity contribution in [2.24, 2.45) is 7.05 Å². The Morgan fingerprint density at radius 1 is 1.21 bits per heavy atom. The van der Waals surface area contributed by atoms with E-state index in [9.17, 15) is 0 Å². The molecular weight excluding hydrogens is 240 g/mol. The van der Waals surface area contributed by atoms with E-state index < -0.39 is 0 Å². The number of aryl methyl sites for hydroxylation is 1. The molecule has 1 saturated heterocycles. The van der Waals surface area contributed by atoms with Gasteiger partial charge >= 0.3 is 0 Å². The Morgan fingerprint density at radius 3 is 2.63 bits per heavy atom. The molecule has 2 heterocycles. The van der Waals surface area contributed by atoms with E-state index in [1.807, 2.05) is 19.2 Å². The van der Waals surface area contributed by atoms with Gasteiger partial charge in [-0.2, -0.15) is 5.10 Å². The fourth-order valence-corrected chi connectivity index (χ4v) is 2.38.